The van der Waals surface area contributed by atoms with Crippen molar-refractivity contribution in [3.63, 3.8) is 0 Å². The summed E-state index contributed by atoms with van der Waals surface area (Å²) in [7, 11) is 1.94. The Kier molecular flexibility index (Phi) is 6.19. The number of nitrogens with zero attached hydrogens (tertiary/aromatic N) is 2. The Morgan fingerprint density at radius 2 is 2.04 bits per heavy atom. The maximum Gasteiger partial charge on any atom is 0.227 e. The van der Waals surface area contributed by atoms with E-state index in [2.05, 4.69) is 18.7 Å². The van der Waals surface area contributed by atoms with Gasteiger partial charge in [-0.05, 0) is 24.4 Å². The first-order valence-corrected chi connectivity index (χ1v) is 8.75. The summed E-state index contributed by atoms with van der Waals surface area (Å²) in [6, 6.07) is 9.97. The van der Waals surface area contributed by atoms with Crippen LogP contribution in [0.1, 0.15) is 38.8 Å². The third-order valence-corrected chi connectivity index (χ3v) is 5.35. The molecule has 1 heterocycles. The van der Waals surface area contributed by atoms with Crippen molar-refractivity contribution in [1.82, 2.24) is 9.80 Å². The van der Waals surface area contributed by atoms with Gasteiger partial charge in [-0.25, -0.2) is 0 Å². The molecule has 2 N–H and O–H groups in total. The Balaban J connectivity index is 2.01. The highest BCUT2D eigenvalue weighted by Crippen LogP contribution is 2.26. The quantitative estimate of drug-likeness (QED) is 0.908. The number of piperidine rings is 1. The molecule has 1 fully saturated rings. The van der Waals surface area contributed by atoms with E-state index >= 15 is 0 Å². The zero-order chi connectivity index (χ0) is 17.0. The van der Waals surface area contributed by atoms with E-state index in [0.717, 1.165) is 31.6 Å². The first-order valence-electron chi connectivity index (χ1n) is 8.75. The summed E-state index contributed by atoms with van der Waals surface area (Å²) >= 11 is 0. The predicted molar refractivity (Wildman–Crippen MR) is 95.0 cm³/mol. The first-order chi connectivity index (χ1) is 11.0. The van der Waals surface area contributed by atoms with Crippen molar-refractivity contribution in [1.29, 1.82) is 0 Å². The predicted octanol–water partition coefficient (Wildman–Crippen LogP) is 2.51. The van der Waals surface area contributed by atoms with Crippen LogP contribution in [-0.4, -0.2) is 48.4 Å². The van der Waals surface area contributed by atoms with Crippen LogP contribution in [0.4, 0.5) is 0 Å². The number of likely N-dealkylation sites (tertiary alicyclic amines) is 1. The second-order valence-corrected chi connectivity index (χ2v) is 6.90. The van der Waals surface area contributed by atoms with E-state index in [9.17, 15) is 4.79 Å². The molecule has 128 valence electrons. The van der Waals surface area contributed by atoms with Gasteiger partial charge < -0.3 is 15.5 Å². The molecule has 0 bridgehead atoms. The SMILES string of the molecule is CCN1CC[C@H](N(C)C(=O)[C@H](C)[C@H](N)c2ccccc2)[C@H](C)C1. The zero-order valence-corrected chi connectivity index (χ0v) is 14.9. The van der Waals surface area contributed by atoms with Crippen molar-refractivity contribution < 1.29 is 4.79 Å². The molecule has 1 aliphatic heterocycles. The number of benzene rings is 1. The Morgan fingerprint density at radius 3 is 2.61 bits per heavy atom. The number of carbonyl (C=O) groups is 1. The van der Waals surface area contributed by atoms with E-state index in [1.807, 2.05) is 49.2 Å². The van der Waals surface area contributed by atoms with Crippen LogP contribution in [-0.2, 0) is 4.79 Å². The molecular weight excluding hydrogens is 286 g/mol. The smallest absolute Gasteiger partial charge is 0.227 e. The molecule has 1 aromatic rings. The van der Waals surface area contributed by atoms with Crippen LogP contribution in [0.2, 0.25) is 0 Å². The van der Waals surface area contributed by atoms with Gasteiger partial charge in [0, 0.05) is 32.2 Å². The van der Waals surface area contributed by atoms with E-state index in [0.29, 0.717) is 12.0 Å². The topological polar surface area (TPSA) is 49.6 Å². The van der Waals surface area contributed by atoms with Crippen LogP contribution < -0.4 is 5.73 Å². The molecule has 23 heavy (non-hydrogen) atoms. The highest BCUT2D eigenvalue weighted by atomic mass is 16.2. The lowest BCUT2D eigenvalue weighted by Crippen LogP contribution is -2.52. The maximum absolute atomic E-state index is 12.9. The molecule has 2 rings (SSSR count). The highest BCUT2D eigenvalue weighted by molar-refractivity contribution is 5.79. The molecule has 4 atom stereocenters. The molecule has 4 heteroatoms. The van der Waals surface area contributed by atoms with Gasteiger partial charge in [-0.1, -0.05) is 51.1 Å². The second-order valence-electron chi connectivity index (χ2n) is 6.90. The third kappa shape index (κ3) is 4.12. The molecule has 0 unspecified atom stereocenters. The van der Waals surface area contributed by atoms with Gasteiger partial charge in [0.25, 0.3) is 0 Å². The van der Waals surface area contributed by atoms with Crippen molar-refractivity contribution in [3.8, 4) is 0 Å². The molecule has 0 aliphatic carbocycles. The summed E-state index contributed by atoms with van der Waals surface area (Å²) in [4.78, 5) is 17.3. The Morgan fingerprint density at radius 1 is 1.39 bits per heavy atom. The van der Waals surface area contributed by atoms with Gasteiger partial charge in [-0.2, -0.15) is 0 Å². The van der Waals surface area contributed by atoms with Gasteiger partial charge in [0.05, 0.1) is 5.92 Å². The van der Waals surface area contributed by atoms with Gasteiger partial charge in [0.2, 0.25) is 5.91 Å². The number of nitrogens with two attached hydrogens (primary N) is 1. The second kappa shape index (κ2) is 7.93. The van der Waals surface area contributed by atoms with Crippen LogP contribution in [0.15, 0.2) is 30.3 Å². The minimum Gasteiger partial charge on any atom is -0.342 e. The highest BCUT2D eigenvalue weighted by Gasteiger charge is 2.33. The lowest BCUT2D eigenvalue weighted by atomic mass is 9.89. The van der Waals surface area contributed by atoms with E-state index in [1.165, 1.54) is 0 Å². The molecule has 0 aromatic heterocycles. The maximum atomic E-state index is 12.9. The molecule has 4 nitrogen and oxygen atoms in total. The fraction of sp³-hybridized carbons (Fsp3) is 0.632. The fourth-order valence-corrected chi connectivity index (χ4v) is 3.68. The van der Waals surface area contributed by atoms with Gasteiger partial charge >= 0.3 is 0 Å². The summed E-state index contributed by atoms with van der Waals surface area (Å²) in [5.41, 5.74) is 7.35. The Bertz CT molecular complexity index is 505. The number of hydrogen-bond donors (Lipinski definition) is 1. The van der Waals surface area contributed by atoms with Crippen molar-refractivity contribution in [2.75, 3.05) is 26.7 Å². The zero-order valence-electron chi connectivity index (χ0n) is 14.9. The summed E-state index contributed by atoms with van der Waals surface area (Å²) in [5, 5.41) is 0. The Hall–Kier alpha value is -1.39. The summed E-state index contributed by atoms with van der Waals surface area (Å²) in [6.45, 7) is 9.62. The lowest BCUT2D eigenvalue weighted by molar-refractivity contribution is -0.138. The molecule has 1 amide bonds. The van der Waals surface area contributed by atoms with E-state index in [-0.39, 0.29) is 17.9 Å². The van der Waals surface area contributed by atoms with Crippen LogP contribution in [0, 0.1) is 11.8 Å². The van der Waals surface area contributed by atoms with Gasteiger partial charge in [-0.15, -0.1) is 0 Å². The monoisotopic (exact) mass is 317 g/mol. The largest absolute Gasteiger partial charge is 0.342 e. The molecule has 0 spiro atoms. The molecule has 1 aromatic carbocycles. The molecule has 0 radical (unpaired) electrons. The fourth-order valence-electron chi connectivity index (χ4n) is 3.68. The van der Waals surface area contributed by atoms with Gasteiger partial charge in [0.1, 0.15) is 0 Å². The van der Waals surface area contributed by atoms with Crippen molar-refractivity contribution in [2.24, 2.45) is 17.6 Å². The summed E-state index contributed by atoms with van der Waals surface area (Å²) in [5.74, 6) is 0.444. The first kappa shape index (κ1) is 18.0. The average Bonchev–Trinajstić information content (AvgIpc) is 2.59. The number of rotatable bonds is 5. The minimum atomic E-state index is -0.253. The molecule has 1 saturated heterocycles. The van der Waals surface area contributed by atoms with Crippen molar-refractivity contribution >= 4 is 5.91 Å². The minimum absolute atomic E-state index is 0.156. The lowest BCUT2D eigenvalue weighted by Gasteiger charge is -2.42. The number of carbonyl (C=O) groups excluding carboxylic acids is 1. The average molecular weight is 317 g/mol. The normalized spacial score (nSPS) is 24.9. The van der Waals surface area contributed by atoms with Gasteiger partial charge in [0.15, 0.2) is 0 Å². The van der Waals surface area contributed by atoms with Crippen molar-refractivity contribution in [2.45, 2.75) is 39.3 Å². The number of amides is 1. The Labute approximate surface area is 140 Å². The molecule has 0 saturated carbocycles. The van der Waals surface area contributed by atoms with Crippen molar-refractivity contribution in [3.05, 3.63) is 35.9 Å². The van der Waals surface area contributed by atoms with Gasteiger partial charge in [-0.3, -0.25) is 4.79 Å². The summed E-state index contributed by atoms with van der Waals surface area (Å²) < 4.78 is 0. The standard InChI is InChI=1S/C19H31N3O/c1-5-22-12-11-17(14(2)13-22)21(4)19(23)15(3)18(20)16-9-7-6-8-10-16/h6-10,14-15,17-18H,5,11-13,20H2,1-4H3/t14-,15-,17+,18+/m1/s1. The van der Waals surface area contributed by atoms with Crippen LogP contribution in [0.25, 0.3) is 0 Å². The van der Waals surface area contributed by atoms with E-state index in [4.69, 9.17) is 5.73 Å². The summed E-state index contributed by atoms with van der Waals surface area (Å²) in [6.07, 6.45) is 1.05. The third-order valence-electron chi connectivity index (χ3n) is 5.35. The van der Waals surface area contributed by atoms with E-state index in [1.54, 1.807) is 0 Å². The van der Waals surface area contributed by atoms with E-state index < -0.39 is 0 Å². The van der Waals surface area contributed by atoms with Crippen LogP contribution >= 0.6 is 0 Å². The van der Waals surface area contributed by atoms with Crippen LogP contribution in [0.3, 0.4) is 0 Å². The molecular formula is C19H31N3O. The van der Waals surface area contributed by atoms with Crippen LogP contribution in [0.5, 0.6) is 0 Å². The molecule has 1 aliphatic rings. The number of hydrogen-bond acceptors (Lipinski definition) is 3.